The number of para-hydroxylation sites is 1. The van der Waals surface area contributed by atoms with Crippen LogP contribution in [0.25, 0.3) is 11.0 Å². The van der Waals surface area contributed by atoms with E-state index < -0.39 is 0 Å². The van der Waals surface area contributed by atoms with Crippen molar-refractivity contribution < 1.29 is 4.42 Å². The minimum absolute atomic E-state index is 0.777. The number of benzene rings is 1. The highest BCUT2D eigenvalue weighted by molar-refractivity contribution is 5.82. The lowest BCUT2D eigenvalue weighted by Crippen LogP contribution is -2.13. The second-order valence-corrected chi connectivity index (χ2v) is 4.31. The van der Waals surface area contributed by atoms with Gasteiger partial charge in [0.25, 0.3) is 0 Å². The van der Waals surface area contributed by atoms with Crippen LogP contribution < -0.4 is 5.32 Å². The maximum atomic E-state index is 5.73. The van der Waals surface area contributed by atoms with Gasteiger partial charge in [-0.3, -0.25) is 0 Å². The molecule has 0 fully saturated rings. The Hall–Kier alpha value is -2.07. The van der Waals surface area contributed by atoms with E-state index >= 15 is 0 Å². The van der Waals surface area contributed by atoms with Gasteiger partial charge >= 0.3 is 0 Å². The summed E-state index contributed by atoms with van der Waals surface area (Å²) in [6, 6.07) is 8.13. The number of nitrogens with one attached hydrogen (secondary N) is 2. The molecular formula is C14H15N3O. The molecule has 0 unspecified atom stereocenters. The molecule has 0 aliphatic rings. The second-order valence-electron chi connectivity index (χ2n) is 4.31. The molecule has 0 spiro atoms. The molecule has 4 heteroatoms. The van der Waals surface area contributed by atoms with Crippen molar-refractivity contribution in [2.45, 2.75) is 20.0 Å². The fourth-order valence-corrected chi connectivity index (χ4v) is 2.14. The zero-order valence-corrected chi connectivity index (χ0v) is 10.2. The molecule has 18 heavy (non-hydrogen) atoms. The Balaban J connectivity index is 1.76. The summed E-state index contributed by atoms with van der Waals surface area (Å²) in [6.45, 7) is 3.58. The molecule has 4 nitrogen and oxygen atoms in total. The number of imidazole rings is 1. The Morgan fingerprint density at radius 3 is 3.00 bits per heavy atom. The third-order valence-electron chi connectivity index (χ3n) is 3.07. The van der Waals surface area contributed by atoms with E-state index in [1.807, 2.05) is 31.3 Å². The van der Waals surface area contributed by atoms with Gasteiger partial charge in [0, 0.05) is 35.9 Å². The van der Waals surface area contributed by atoms with Crippen molar-refractivity contribution in [2.24, 2.45) is 0 Å². The van der Waals surface area contributed by atoms with Gasteiger partial charge in [0.15, 0.2) is 0 Å². The monoisotopic (exact) mass is 241 g/mol. The van der Waals surface area contributed by atoms with Gasteiger partial charge in [0.1, 0.15) is 11.3 Å². The molecule has 0 atom stereocenters. The standard InChI is InChI=1S/C14H15N3O/c1-10-13(8-15-6-11-7-16-9-17-11)12-4-2-3-5-14(12)18-10/h2-5,7,9,15H,6,8H2,1H3,(H,16,17). The van der Waals surface area contributed by atoms with Gasteiger partial charge in [0.05, 0.1) is 6.33 Å². The third kappa shape index (κ3) is 2.02. The van der Waals surface area contributed by atoms with E-state index in [-0.39, 0.29) is 0 Å². The first-order chi connectivity index (χ1) is 8.84. The quantitative estimate of drug-likeness (QED) is 0.738. The first kappa shape index (κ1) is 11.0. The maximum Gasteiger partial charge on any atom is 0.134 e. The van der Waals surface area contributed by atoms with Gasteiger partial charge in [-0.25, -0.2) is 4.98 Å². The number of furan rings is 1. The van der Waals surface area contributed by atoms with E-state index in [1.165, 1.54) is 10.9 Å². The van der Waals surface area contributed by atoms with E-state index in [2.05, 4.69) is 21.4 Å². The highest BCUT2D eigenvalue weighted by Crippen LogP contribution is 2.24. The SMILES string of the molecule is Cc1oc2ccccc2c1CNCc1cnc[nH]1. The fourth-order valence-electron chi connectivity index (χ4n) is 2.14. The number of aryl methyl sites for hydroxylation is 1. The van der Waals surface area contributed by atoms with Crippen LogP contribution in [0.2, 0.25) is 0 Å². The minimum Gasteiger partial charge on any atom is -0.461 e. The molecular weight excluding hydrogens is 226 g/mol. The summed E-state index contributed by atoms with van der Waals surface area (Å²) in [5.74, 6) is 0.980. The lowest BCUT2D eigenvalue weighted by Gasteiger charge is -2.02. The summed E-state index contributed by atoms with van der Waals surface area (Å²) >= 11 is 0. The molecule has 3 rings (SSSR count). The topological polar surface area (TPSA) is 53.9 Å². The molecule has 2 aromatic heterocycles. The van der Waals surface area contributed by atoms with E-state index in [1.54, 1.807) is 6.33 Å². The number of hydrogen-bond donors (Lipinski definition) is 2. The van der Waals surface area contributed by atoms with E-state index in [4.69, 9.17) is 4.42 Å². The van der Waals surface area contributed by atoms with Crippen LogP contribution in [0.4, 0.5) is 0 Å². The average Bonchev–Trinajstić information content (AvgIpc) is 2.98. The van der Waals surface area contributed by atoms with Crippen LogP contribution in [0.1, 0.15) is 17.0 Å². The van der Waals surface area contributed by atoms with Crippen molar-refractivity contribution in [3.8, 4) is 0 Å². The predicted octanol–water partition coefficient (Wildman–Crippen LogP) is 2.75. The Kier molecular flexibility index (Phi) is 2.86. The van der Waals surface area contributed by atoms with Crippen LogP contribution in [0, 0.1) is 6.92 Å². The van der Waals surface area contributed by atoms with Crippen LogP contribution in [-0.4, -0.2) is 9.97 Å². The highest BCUT2D eigenvalue weighted by atomic mass is 16.3. The summed E-state index contributed by atoms with van der Waals surface area (Å²) < 4.78 is 5.73. The van der Waals surface area contributed by atoms with Gasteiger partial charge in [0.2, 0.25) is 0 Å². The van der Waals surface area contributed by atoms with Crippen LogP contribution in [0.15, 0.2) is 41.2 Å². The van der Waals surface area contributed by atoms with Crippen molar-refractivity contribution in [3.63, 3.8) is 0 Å². The van der Waals surface area contributed by atoms with Gasteiger partial charge in [-0.05, 0) is 13.0 Å². The lowest BCUT2D eigenvalue weighted by atomic mass is 10.1. The number of rotatable bonds is 4. The molecule has 0 saturated carbocycles. The number of hydrogen-bond acceptors (Lipinski definition) is 3. The summed E-state index contributed by atoms with van der Waals surface area (Å²) in [5.41, 5.74) is 3.26. The molecule has 92 valence electrons. The van der Waals surface area contributed by atoms with Gasteiger partial charge in [-0.1, -0.05) is 18.2 Å². The van der Waals surface area contributed by atoms with Crippen molar-refractivity contribution in [2.75, 3.05) is 0 Å². The molecule has 3 aromatic rings. The van der Waals surface area contributed by atoms with Crippen LogP contribution >= 0.6 is 0 Å². The minimum atomic E-state index is 0.777. The first-order valence-corrected chi connectivity index (χ1v) is 5.99. The van der Waals surface area contributed by atoms with Crippen molar-refractivity contribution in [1.29, 1.82) is 0 Å². The molecule has 0 bridgehead atoms. The van der Waals surface area contributed by atoms with E-state index in [9.17, 15) is 0 Å². The Morgan fingerprint density at radius 1 is 1.28 bits per heavy atom. The summed E-state index contributed by atoms with van der Waals surface area (Å²) in [7, 11) is 0. The van der Waals surface area contributed by atoms with Crippen molar-refractivity contribution >= 4 is 11.0 Å². The molecule has 0 amide bonds. The normalized spacial score (nSPS) is 11.2. The summed E-state index contributed by atoms with van der Waals surface area (Å²) in [5, 5.41) is 4.58. The molecule has 0 saturated heterocycles. The van der Waals surface area contributed by atoms with Crippen LogP contribution in [-0.2, 0) is 13.1 Å². The molecule has 0 radical (unpaired) electrons. The predicted molar refractivity (Wildman–Crippen MR) is 70.1 cm³/mol. The average molecular weight is 241 g/mol. The first-order valence-electron chi connectivity index (χ1n) is 5.99. The zero-order valence-electron chi connectivity index (χ0n) is 10.2. The van der Waals surface area contributed by atoms with E-state index in [0.717, 1.165) is 30.1 Å². The van der Waals surface area contributed by atoms with Crippen molar-refractivity contribution in [3.05, 3.63) is 53.8 Å². The van der Waals surface area contributed by atoms with Crippen molar-refractivity contribution in [1.82, 2.24) is 15.3 Å². The fraction of sp³-hybridized carbons (Fsp3) is 0.214. The largest absolute Gasteiger partial charge is 0.461 e. The second kappa shape index (κ2) is 4.66. The lowest BCUT2D eigenvalue weighted by molar-refractivity contribution is 0.564. The summed E-state index contributed by atoms with van der Waals surface area (Å²) in [4.78, 5) is 7.06. The molecule has 2 heterocycles. The number of H-pyrrole nitrogens is 1. The zero-order chi connectivity index (χ0) is 12.4. The third-order valence-corrected chi connectivity index (χ3v) is 3.07. The molecule has 2 N–H and O–H groups in total. The molecule has 1 aromatic carbocycles. The maximum absolute atomic E-state index is 5.73. The van der Waals surface area contributed by atoms with Gasteiger partial charge in [-0.15, -0.1) is 0 Å². The smallest absolute Gasteiger partial charge is 0.134 e. The Bertz CT molecular complexity index is 640. The Labute approximate surface area is 105 Å². The van der Waals surface area contributed by atoms with Crippen LogP contribution in [0.3, 0.4) is 0 Å². The number of fused-ring (bicyclic) bond motifs is 1. The number of nitrogens with zero attached hydrogens (tertiary/aromatic N) is 1. The number of aromatic amines is 1. The van der Waals surface area contributed by atoms with Crippen LogP contribution in [0.5, 0.6) is 0 Å². The Morgan fingerprint density at radius 2 is 2.17 bits per heavy atom. The summed E-state index contributed by atoms with van der Waals surface area (Å²) in [6.07, 6.45) is 3.52. The van der Waals surface area contributed by atoms with Gasteiger partial charge < -0.3 is 14.7 Å². The number of aromatic nitrogens is 2. The highest BCUT2D eigenvalue weighted by Gasteiger charge is 2.09. The van der Waals surface area contributed by atoms with Gasteiger partial charge in [-0.2, -0.15) is 0 Å². The van der Waals surface area contributed by atoms with E-state index in [0.29, 0.717) is 0 Å². The molecule has 0 aliphatic heterocycles. The molecule has 0 aliphatic carbocycles.